The zero-order valence-corrected chi connectivity index (χ0v) is 14.6. The van der Waals surface area contributed by atoms with Crippen molar-refractivity contribution < 1.29 is 24.0 Å². The molecule has 2 amide bonds. The van der Waals surface area contributed by atoms with Crippen molar-refractivity contribution >= 4 is 23.7 Å². The highest BCUT2D eigenvalue weighted by atomic mass is 16.6. The summed E-state index contributed by atoms with van der Waals surface area (Å²) in [4.78, 5) is 34.1. The number of nitro groups is 1. The summed E-state index contributed by atoms with van der Waals surface area (Å²) in [6.07, 6.45) is 1.27. The summed E-state index contributed by atoms with van der Waals surface area (Å²) in [6.45, 7) is 0.568. The van der Waals surface area contributed by atoms with Gasteiger partial charge in [0.15, 0.2) is 11.5 Å². The van der Waals surface area contributed by atoms with E-state index in [0.717, 1.165) is 0 Å². The normalized spacial score (nSPS) is 12.4. The Morgan fingerprint density at radius 2 is 1.93 bits per heavy atom. The van der Waals surface area contributed by atoms with Gasteiger partial charge in [-0.15, -0.1) is 0 Å². The molecule has 0 bridgehead atoms. The van der Waals surface area contributed by atoms with Gasteiger partial charge in [-0.2, -0.15) is 5.10 Å². The van der Waals surface area contributed by atoms with Gasteiger partial charge in [0.25, 0.3) is 17.5 Å². The van der Waals surface area contributed by atoms with Crippen molar-refractivity contribution in [3.63, 3.8) is 0 Å². The van der Waals surface area contributed by atoms with E-state index in [0.29, 0.717) is 35.8 Å². The number of nitrogens with zero attached hydrogens (tertiary/aromatic N) is 2. The summed E-state index contributed by atoms with van der Waals surface area (Å²) in [5.41, 5.74) is 2.94. The van der Waals surface area contributed by atoms with Gasteiger partial charge in [-0.1, -0.05) is 12.1 Å². The Morgan fingerprint density at radius 1 is 1.14 bits per heavy atom. The lowest BCUT2D eigenvalue weighted by Gasteiger charge is -2.18. The van der Waals surface area contributed by atoms with E-state index >= 15 is 0 Å². The topological polar surface area (TPSA) is 132 Å². The first-order valence-corrected chi connectivity index (χ1v) is 8.27. The number of fused-ring (bicyclic) bond motifs is 1. The molecule has 0 unspecified atom stereocenters. The van der Waals surface area contributed by atoms with Crippen LogP contribution >= 0.6 is 0 Å². The van der Waals surface area contributed by atoms with E-state index in [9.17, 15) is 19.7 Å². The monoisotopic (exact) mass is 384 g/mol. The number of carbonyl (C=O) groups excluding carboxylic acids is 2. The SMILES string of the molecule is O=C(CNC(=O)c1ccc2c(c1)OCCO2)N/N=C/c1cccc([N+](=O)[O-])c1. The third-order valence-electron chi connectivity index (χ3n) is 3.70. The maximum atomic E-state index is 12.1. The number of nitro benzene ring substituents is 1. The molecule has 0 saturated heterocycles. The van der Waals surface area contributed by atoms with Gasteiger partial charge in [-0.3, -0.25) is 19.7 Å². The first kappa shape index (κ1) is 18.8. The highest BCUT2D eigenvalue weighted by Crippen LogP contribution is 2.30. The second-order valence-electron chi connectivity index (χ2n) is 5.69. The highest BCUT2D eigenvalue weighted by molar-refractivity contribution is 5.97. The van der Waals surface area contributed by atoms with Crippen molar-refractivity contribution in [3.05, 3.63) is 63.7 Å². The average Bonchev–Trinajstić information content (AvgIpc) is 2.72. The molecule has 144 valence electrons. The number of rotatable bonds is 6. The summed E-state index contributed by atoms with van der Waals surface area (Å²) in [5, 5.41) is 16.9. The van der Waals surface area contributed by atoms with Gasteiger partial charge in [0.2, 0.25) is 0 Å². The Kier molecular flexibility index (Phi) is 5.80. The first-order chi connectivity index (χ1) is 13.5. The van der Waals surface area contributed by atoms with Crippen molar-refractivity contribution in [2.75, 3.05) is 19.8 Å². The van der Waals surface area contributed by atoms with E-state index in [1.54, 1.807) is 24.3 Å². The molecule has 2 N–H and O–H groups in total. The number of amides is 2. The van der Waals surface area contributed by atoms with Crippen molar-refractivity contribution in [1.29, 1.82) is 0 Å². The predicted octanol–water partition coefficient (Wildman–Crippen LogP) is 1.25. The Morgan fingerprint density at radius 3 is 2.71 bits per heavy atom. The van der Waals surface area contributed by atoms with Crippen molar-refractivity contribution in [2.45, 2.75) is 0 Å². The van der Waals surface area contributed by atoms with Crippen LogP contribution in [0.4, 0.5) is 5.69 Å². The number of hydrogen-bond acceptors (Lipinski definition) is 7. The van der Waals surface area contributed by atoms with Crippen LogP contribution in [0.25, 0.3) is 0 Å². The van der Waals surface area contributed by atoms with Gasteiger partial charge in [-0.25, -0.2) is 5.43 Å². The van der Waals surface area contributed by atoms with E-state index in [2.05, 4.69) is 15.8 Å². The van der Waals surface area contributed by atoms with Crippen molar-refractivity contribution in [3.8, 4) is 11.5 Å². The largest absolute Gasteiger partial charge is 0.486 e. The van der Waals surface area contributed by atoms with Gasteiger partial charge in [0, 0.05) is 23.3 Å². The second kappa shape index (κ2) is 8.62. The van der Waals surface area contributed by atoms with Crippen molar-refractivity contribution in [1.82, 2.24) is 10.7 Å². The predicted molar refractivity (Wildman–Crippen MR) is 98.6 cm³/mol. The molecule has 0 aliphatic carbocycles. The molecular weight excluding hydrogens is 368 g/mol. The Hall–Kier alpha value is -3.95. The third kappa shape index (κ3) is 4.81. The Labute approximate surface area is 159 Å². The first-order valence-electron chi connectivity index (χ1n) is 8.27. The van der Waals surface area contributed by atoms with Crippen molar-refractivity contribution in [2.24, 2.45) is 5.10 Å². The number of hydrogen-bond donors (Lipinski definition) is 2. The molecule has 0 aromatic heterocycles. The molecule has 1 aliphatic heterocycles. The quantitative estimate of drug-likeness (QED) is 0.438. The zero-order chi connectivity index (χ0) is 19.9. The molecule has 28 heavy (non-hydrogen) atoms. The Bertz CT molecular complexity index is 943. The van der Waals surface area contributed by atoms with Gasteiger partial charge in [0.05, 0.1) is 17.7 Å². The fraction of sp³-hybridized carbons (Fsp3) is 0.167. The molecule has 0 radical (unpaired) electrons. The minimum atomic E-state index is -0.549. The Balaban J connectivity index is 1.49. The number of nitrogens with one attached hydrogen (secondary N) is 2. The summed E-state index contributed by atoms with van der Waals surface area (Å²) < 4.78 is 10.8. The number of carbonyl (C=O) groups is 2. The van der Waals surface area contributed by atoms with E-state index in [-0.39, 0.29) is 12.2 Å². The van der Waals surface area contributed by atoms with Crippen LogP contribution in [-0.2, 0) is 4.79 Å². The van der Waals surface area contributed by atoms with E-state index in [1.807, 2.05) is 0 Å². The van der Waals surface area contributed by atoms with Crippen LogP contribution in [0.1, 0.15) is 15.9 Å². The summed E-state index contributed by atoms with van der Waals surface area (Å²) in [5.74, 6) is 0.0447. The molecule has 1 heterocycles. The zero-order valence-electron chi connectivity index (χ0n) is 14.6. The molecule has 2 aromatic carbocycles. The minimum Gasteiger partial charge on any atom is -0.486 e. The maximum absolute atomic E-state index is 12.1. The molecule has 10 heteroatoms. The van der Waals surface area contributed by atoms with Crippen LogP contribution in [0.15, 0.2) is 47.6 Å². The molecule has 0 fully saturated rings. The average molecular weight is 384 g/mol. The lowest BCUT2D eigenvalue weighted by Crippen LogP contribution is -2.35. The standard InChI is InChI=1S/C18H16N4O6/c23-17(21-20-10-12-2-1-3-14(8-12)22(25)26)11-19-18(24)13-4-5-15-16(9-13)28-7-6-27-15/h1-5,8-10H,6-7,11H2,(H,19,24)(H,21,23)/b20-10+. The molecule has 0 spiro atoms. The van der Waals surface area contributed by atoms with Crippen LogP contribution in [-0.4, -0.2) is 42.7 Å². The maximum Gasteiger partial charge on any atom is 0.270 e. The summed E-state index contributed by atoms with van der Waals surface area (Å²) in [7, 11) is 0. The molecule has 0 atom stereocenters. The lowest BCUT2D eigenvalue weighted by atomic mass is 10.2. The molecule has 3 rings (SSSR count). The summed E-state index contributed by atoms with van der Waals surface area (Å²) in [6, 6.07) is 10.5. The van der Waals surface area contributed by atoms with E-state index in [1.165, 1.54) is 24.4 Å². The van der Waals surface area contributed by atoms with E-state index in [4.69, 9.17) is 9.47 Å². The highest BCUT2D eigenvalue weighted by Gasteiger charge is 2.15. The van der Waals surface area contributed by atoms with Crippen LogP contribution in [0.2, 0.25) is 0 Å². The fourth-order valence-corrected chi connectivity index (χ4v) is 2.38. The van der Waals surface area contributed by atoms with Crippen LogP contribution in [0, 0.1) is 10.1 Å². The van der Waals surface area contributed by atoms with Crippen LogP contribution in [0.5, 0.6) is 11.5 Å². The number of non-ortho nitro benzene ring substituents is 1. The number of hydrazone groups is 1. The molecular formula is C18H16N4O6. The van der Waals surface area contributed by atoms with E-state index < -0.39 is 16.7 Å². The summed E-state index contributed by atoms with van der Waals surface area (Å²) >= 11 is 0. The van der Waals surface area contributed by atoms with Gasteiger partial charge < -0.3 is 14.8 Å². The molecule has 1 aliphatic rings. The molecule has 10 nitrogen and oxygen atoms in total. The molecule has 2 aromatic rings. The second-order valence-corrected chi connectivity index (χ2v) is 5.69. The van der Waals surface area contributed by atoms with Gasteiger partial charge in [0.1, 0.15) is 13.2 Å². The van der Waals surface area contributed by atoms with Crippen LogP contribution in [0.3, 0.4) is 0 Å². The van der Waals surface area contributed by atoms with Gasteiger partial charge >= 0.3 is 0 Å². The smallest absolute Gasteiger partial charge is 0.270 e. The van der Waals surface area contributed by atoms with Crippen LogP contribution < -0.4 is 20.2 Å². The minimum absolute atomic E-state index is 0.0815. The van der Waals surface area contributed by atoms with Gasteiger partial charge in [-0.05, 0) is 18.2 Å². The molecule has 0 saturated carbocycles. The number of ether oxygens (including phenoxy) is 2. The number of benzene rings is 2. The third-order valence-corrected chi connectivity index (χ3v) is 3.70. The fourth-order valence-electron chi connectivity index (χ4n) is 2.38. The lowest BCUT2D eigenvalue weighted by molar-refractivity contribution is -0.384.